The molecule has 1 saturated carbocycles. The van der Waals surface area contributed by atoms with Crippen LogP contribution in [0.15, 0.2) is 24.4 Å². The van der Waals surface area contributed by atoms with E-state index in [1.165, 1.54) is 4.90 Å². The van der Waals surface area contributed by atoms with Gasteiger partial charge in [-0.05, 0) is 24.1 Å². The van der Waals surface area contributed by atoms with Crippen molar-refractivity contribution in [1.82, 2.24) is 19.8 Å². The number of alkyl halides is 2. The first kappa shape index (κ1) is 18.9. The van der Waals surface area contributed by atoms with Gasteiger partial charge < -0.3 is 9.47 Å². The van der Waals surface area contributed by atoms with Gasteiger partial charge in [-0.25, -0.2) is 13.8 Å². The zero-order chi connectivity index (χ0) is 21.2. The largest absolute Gasteiger partial charge is 0.337 e. The number of imidazole rings is 1. The van der Waals surface area contributed by atoms with E-state index in [2.05, 4.69) is 10.3 Å². The van der Waals surface area contributed by atoms with Gasteiger partial charge in [0.2, 0.25) is 17.7 Å². The quantitative estimate of drug-likeness (QED) is 0.782. The SMILES string of the molecule is Cn1cc(-c2ccc3c(c2)CN(C2CCC(=O)NC2=O)C3=O)nc1C1CC(F)(F)C1. The topological polar surface area (TPSA) is 84.3 Å². The summed E-state index contributed by atoms with van der Waals surface area (Å²) in [6, 6.07) is 4.70. The Bertz CT molecular complexity index is 1090. The standard InChI is InChI=1S/C21H20F2N4O3/c1-26-10-15(24-18(26)13-7-21(22,23)8-13)11-2-3-14-12(6-11)9-27(20(14)30)16-4-5-17(28)25-19(16)29/h2-3,6,10,13,16H,4-5,7-9H2,1H3,(H,25,28,29). The number of hydrogen-bond donors (Lipinski definition) is 1. The predicted molar refractivity (Wildman–Crippen MR) is 102 cm³/mol. The minimum atomic E-state index is -2.61. The molecule has 3 amide bonds. The van der Waals surface area contributed by atoms with Crippen LogP contribution in [0.3, 0.4) is 0 Å². The highest BCUT2D eigenvalue weighted by Crippen LogP contribution is 2.48. The van der Waals surface area contributed by atoms with E-state index in [9.17, 15) is 23.2 Å². The normalized spacial score (nSPS) is 23.4. The van der Waals surface area contributed by atoms with Crippen LogP contribution in [0.2, 0.25) is 0 Å². The number of piperidine rings is 1. The van der Waals surface area contributed by atoms with Crippen molar-refractivity contribution < 1.29 is 23.2 Å². The average molecular weight is 414 g/mol. The van der Waals surface area contributed by atoms with E-state index in [1.54, 1.807) is 23.7 Å². The lowest BCUT2D eigenvalue weighted by Gasteiger charge is -2.34. The molecule has 1 atom stereocenters. The number of aryl methyl sites for hydroxylation is 1. The van der Waals surface area contributed by atoms with Crippen LogP contribution >= 0.6 is 0 Å². The maximum atomic E-state index is 13.2. The summed E-state index contributed by atoms with van der Waals surface area (Å²) in [6.45, 7) is 0.281. The van der Waals surface area contributed by atoms with Gasteiger partial charge in [0, 0.05) is 56.1 Å². The van der Waals surface area contributed by atoms with Crippen LogP contribution in [0, 0.1) is 0 Å². The van der Waals surface area contributed by atoms with E-state index in [0.717, 1.165) is 11.1 Å². The Morgan fingerprint density at radius 2 is 1.97 bits per heavy atom. The smallest absolute Gasteiger partial charge is 0.255 e. The molecule has 1 saturated heterocycles. The van der Waals surface area contributed by atoms with Gasteiger partial charge in [0.05, 0.1) is 5.69 Å². The molecule has 30 heavy (non-hydrogen) atoms. The summed E-state index contributed by atoms with van der Waals surface area (Å²) in [5, 5.41) is 2.29. The van der Waals surface area contributed by atoms with E-state index < -0.39 is 17.9 Å². The van der Waals surface area contributed by atoms with Crippen LogP contribution in [0.4, 0.5) is 8.78 Å². The molecule has 3 heterocycles. The molecule has 1 aromatic heterocycles. The van der Waals surface area contributed by atoms with Crippen molar-refractivity contribution in [3.8, 4) is 11.3 Å². The highest BCUT2D eigenvalue weighted by molar-refractivity contribution is 6.05. The zero-order valence-electron chi connectivity index (χ0n) is 16.3. The molecule has 5 rings (SSSR count). The molecular formula is C21H20F2N4O3. The lowest BCUT2D eigenvalue weighted by Crippen LogP contribution is -2.52. The number of imide groups is 1. The van der Waals surface area contributed by atoms with Crippen LogP contribution in [0.5, 0.6) is 0 Å². The number of amides is 3. The molecule has 156 valence electrons. The molecule has 2 aromatic rings. The number of benzene rings is 1. The lowest BCUT2D eigenvalue weighted by atomic mass is 9.81. The lowest BCUT2D eigenvalue weighted by molar-refractivity contribution is -0.136. The first-order chi connectivity index (χ1) is 14.2. The third kappa shape index (κ3) is 3.00. The Morgan fingerprint density at radius 3 is 2.67 bits per heavy atom. The van der Waals surface area contributed by atoms with Crippen molar-refractivity contribution in [1.29, 1.82) is 0 Å². The molecule has 3 aliphatic rings. The molecule has 1 aliphatic carbocycles. The summed E-state index contributed by atoms with van der Waals surface area (Å²) in [5.41, 5.74) is 2.76. The first-order valence-corrected chi connectivity index (χ1v) is 9.91. The van der Waals surface area contributed by atoms with E-state index in [4.69, 9.17) is 0 Å². The maximum Gasteiger partial charge on any atom is 0.255 e. The van der Waals surface area contributed by atoms with Gasteiger partial charge in [0.25, 0.3) is 5.91 Å². The number of carbonyl (C=O) groups excluding carboxylic acids is 3. The fourth-order valence-corrected chi connectivity index (χ4v) is 4.58. The van der Waals surface area contributed by atoms with Crippen LogP contribution in [0.1, 0.15) is 53.3 Å². The van der Waals surface area contributed by atoms with Crippen molar-refractivity contribution >= 4 is 17.7 Å². The third-order valence-corrected chi connectivity index (χ3v) is 6.19. The number of hydrogen-bond acceptors (Lipinski definition) is 4. The van der Waals surface area contributed by atoms with Crippen molar-refractivity contribution in [3.63, 3.8) is 0 Å². The van der Waals surface area contributed by atoms with E-state index >= 15 is 0 Å². The number of rotatable bonds is 3. The molecule has 9 heteroatoms. The summed E-state index contributed by atoms with van der Waals surface area (Å²) >= 11 is 0. The Morgan fingerprint density at radius 1 is 1.20 bits per heavy atom. The van der Waals surface area contributed by atoms with Crippen molar-refractivity contribution in [2.75, 3.05) is 0 Å². The van der Waals surface area contributed by atoms with Gasteiger partial charge in [-0.2, -0.15) is 0 Å². The Labute approximate surface area is 171 Å². The summed E-state index contributed by atoms with van der Waals surface area (Å²) in [4.78, 5) is 42.4. The van der Waals surface area contributed by atoms with Crippen molar-refractivity contribution in [2.24, 2.45) is 7.05 Å². The van der Waals surface area contributed by atoms with Gasteiger partial charge in [0.1, 0.15) is 11.9 Å². The number of nitrogens with one attached hydrogen (secondary N) is 1. The minimum Gasteiger partial charge on any atom is -0.337 e. The third-order valence-electron chi connectivity index (χ3n) is 6.19. The number of halogens is 2. The number of fused-ring (bicyclic) bond motifs is 1. The van der Waals surface area contributed by atoms with E-state index in [0.29, 0.717) is 23.5 Å². The second-order valence-corrected chi connectivity index (χ2v) is 8.33. The van der Waals surface area contributed by atoms with E-state index in [-0.39, 0.29) is 43.5 Å². The molecule has 2 aliphatic heterocycles. The molecular weight excluding hydrogens is 394 g/mol. The van der Waals surface area contributed by atoms with Gasteiger partial charge in [-0.1, -0.05) is 6.07 Å². The molecule has 0 radical (unpaired) electrons. The summed E-state index contributed by atoms with van der Waals surface area (Å²) in [6.07, 6.45) is 1.96. The fraction of sp³-hybridized carbons (Fsp3) is 0.429. The monoisotopic (exact) mass is 414 g/mol. The molecule has 0 bridgehead atoms. The number of nitrogens with zero attached hydrogens (tertiary/aromatic N) is 3. The number of carbonyl (C=O) groups is 3. The van der Waals surface area contributed by atoms with Gasteiger partial charge >= 0.3 is 0 Å². The second-order valence-electron chi connectivity index (χ2n) is 8.33. The fourth-order valence-electron chi connectivity index (χ4n) is 4.58. The van der Waals surface area contributed by atoms with Gasteiger partial charge in [-0.3, -0.25) is 19.7 Å². The van der Waals surface area contributed by atoms with Crippen LogP contribution < -0.4 is 5.32 Å². The highest BCUT2D eigenvalue weighted by Gasteiger charge is 2.47. The minimum absolute atomic E-state index is 0.184. The predicted octanol–water partition coefficient (Wildman–Crippen LogP) is 2.36. The Hall–Kier alpha value is -3.10. The Balaban J connectivity index is 1.39. The van der Waals surface area contributed by atoms with Crippen molar-refractivity contribution in [2.45, 2.75) is 50.1 Å². The first-order valence-electron chi connectivity index (χ1n) is 9.91. The highest BCUT2D eigenvalue weighted by atomic mass is 19.3. The van der Waals surface area contributed by atoms with Crippen LogP contribution in [0.25, 0.3) is 11.3 Å². The van der Waals surface area contributed by atoms with Gasteiger partial charge in [-0.15, -0.1) is 0 Å². The molecule has 1 aromatic carbocycles. The molecule has 1 N–H and O–H groups in total. The van der Waals surface area contributed by atoms with Gasteiger partial charge in [0.15, 0.2) is 0 Å². The van der Waals surface area contributed by atoms with Crippen LogP contribution in [-0.2, 0) is 23.2 Å². The maximum absolute atomic E-state index is 13.2. The Kier molecular flexibility index (Phi) is 4.06. The average Bonchev–Trinajstić information content (AvgIpc) is 3.20. The summed E-state index contributed by atoms with van der Waals surface area (Å²) < 4.78 is 28.3. The molecule has 2 fully saturated rings. The summed E-state index contributed by atoms with van der Waals surface area (Å²) in [7, 11) is 1.80. The van der Waals surface area contributed by atoms with E-state index in [1.807, 2.05) is 12.3 Å². The van der Waals surface area contributed by atoms with Crippen molar-refractivity contribution in [3.05, 3.63) is 41.3 Å². The number of aromatic nitrogens is 2. The summed E-state index contributed by atoms with van der Waals surface area (Å²) in [5.74, 6) is -3.22. The molecule has 1 unspecified atom stereocenters. The zero-order valence-corrected chi connectivity index (χ0v) is 16.3. The second kappa shape index (κ2) is 6.45. The molecule has 0 spiro atoms. The van der Waals surface area contributed by atoms with Crippen LogP contribution in [-0.4, -0.2) is 44.1 Å². The molecule has 7 nitrogen and oxygen atoms in total.